The Balaban J connectivity index is 1.73. The Bertz CT molecular complexity index is 842. The highest BCUT2D eigenvalue weighted by Gasteiger charge is 2.51. The van der Waals surface area contributed by atoms with Crippen LogP contribution in [-0.4, -0.2) is 14.3 Å². The lowest BCUT2D eigenvalue weighted by molar-refractivity contribution is -0.124. The van der Waals surface area contributed by atoms with E-state index in [0.717, 1.165) is 24.0 Å². The number of rotatable bonds is 5. The van der Waals surface area contributed by atoms with Crippen LogP contribution in [0.3, 0.4) is 0 Å². The van der Waals surface area contributed by atoms with E-state index in [1.807, 2.05) is 37.3 Å². The van der Waals surface area contributed by atoms with Crippen LogP contribution in [-0.2, 0) is 20.2 Å². The van der Waals surface area contributed by atoms with Gasteiger partial charge < -0.3 is 5.32 Å². The molecule has 0 bridgehead atoms. The number of carbonyl (C=O) groups excluding carboxylic acids is 1. The van der Waals surface area contributed by atoms with Crippen molar-refractivity contribution in [2.75, 3.05) is 0 Å². The van der Waals surface area contributed by atoms with Crippen molar-refractivity contribution in [1.82, 2.24) is 5.32 Å². The molecule has 0 heterocycles. The number of sulfonamides is 1. The molecule has 3 N–H and O–H groups in total. The topological polar surface area (TPSA) is 89.3 Å². The van der Waals surface area contributed by atoms with Crippen molar-refractivity contribution >= 4 is 15.9 Å². The van der Waals surface area contributed by atoms with Crippen LogP contribution in [0.15, 0.2) is 59.5 Å². The van der Waals surface area contributed by atoms with Gasteiger partial charge in [0, 0.05) is 0 Å². The van der Waals surface area contributed by atoms with Crippen LogP contribution in [0.5, 0.6) is 0 Å². The summed E-state index contributed by atoms with van der Waals surface area (Å²) >= 11 is 0. The molecule has 6 heteroatoms. The molecule has 0 unspecified atom stereocenters. The van der Waals surface area contributed by atoms with Crippen LogP contribution in [0.2, 0.25) is 0 Å². The van der Waals surface area contributed by atoms with Gasteiger partial charge >= 0.3 is 0 Å². The second kappa shape index (κ2) is 6.03. The molecule has 2 aromatic rings. The van der Waals surface area contributed by atoms with Gasteiger partial charge in [-0.2, -0.15) is 0 Å². The van der Waals surface area contributed by atoms with E-state index in [0.29, 0.717) is 0 Å². The first-order valence-corrected chi connectivity index (χ1v) is 9.37. The van der Waals surface area contributed by atoms with Gasteiger partial charge in [-0.3, -0.25) is 4.79 Å². The lowest BCUT2D eigenvalue weighted by Gasteiger charge is -2.20. The predicted molar refractivity (Wildman–Crippen MR) is 91.7 cm³/mol. The molecule has 1 saturated carbocycles. The number of benzene rings is 2. The van der Waals surface area contributed by atoms with Crippen LogP contribution >= 0.6 is 0 Å². The van der Waals surface area contributed by atoms with Crippen molar-refractivity contribution in [2.45, 2.75) is 36.1 Å². The summed E-state index contributed by atoms with van der Waals surface area (Å²) in [6, 6.07) is 15.8. The van der Waals surface area contributed by atoms with Crippen LogP contribution in [0.25, 0.3) is 0 Å². The summed E-state index contributed by atoms with van der Waals surface area (Å²) in [5, 5.41) is 8.13. The number of hydrogen-bond donors (Lipinski definition) is 2. The zero-order chi connectivity index (χ0) is 17.4. The summed E-state index contributed by atoms with van der Waals surface area (Å²) in [6.45, 7) is 1.88. The maximum Gasteiger partial charge on any atom is 0.238 e. The summed E-state index contributed by atoms with van der Waals surface area (Å²) in [5.41, 5.74) is 1.45. The van der Waals surface area contributed by atoms with Gasteiger partial charge in [0.15, 0.2) is 0 Å². The minimum atomic E-state index is -3.70. The molecule has 0 radical (unpaired) electrons. The summed E-state index contributed by atoms with van der Waals surface area (Å²) in [5.74, 6) is 0.0109. The van der Waals surface area contributed by atoms with Crippen LogP contribution in [0, 0.1) is 0 Å². The predicted octanol–water partition coefficient (Wildman–Crippen LogP) is 2.24. The van der Waals surface area contributed by atoms with Gasteiger partial charge in [0.1, 0.15) is 0 Å². The van der Waals surface area contributed by atoms with Gasteiger partial charge in [-0.05, 0) is 43.0 Å². The molecular weight excluding hydrogens is 324 g/mol. The Kier molecular flexibility index (Phi) is 4.19. The van der Waals surface area contributed by atoms with E-state index < -0.39 is 15.4 Å². The third-order valence-corrected chi connectivity index (χ3v) is 5.50. The standard InChI is InChI=1S/C18H20N2O3S/c1-13(14-7-9-16(10-8-14)24(19,22)23)20-17(21)18(11-12-18)15-5-3-2-4-6-15/h2-10,13H,11-12H2,1H3,(H,20,21)(H2,19,22,23)/t13-/m1/s1. The fourth-order valence-electron chi connectivity index (χ4n) is 2.89. The minimum Gasteiger partial charge on any atom is -0.349 e. The number of carbonyl (C=O) groups is 1. The highest BCUT2D eigenvalue weighted by atomic mass is 32.2. The molecular formula is C18H20N2O3S. The third kappa shape index (κ3) is 3.20. The first-order valence-electron chi connectivity index (χ1n) is 7.82. The van der Waals surface area contributed by atoms with Crippen molar-refractivity contribution in [3.63, 3.8) is 0 Å². The average molecular weight is 344 g/mol. The fourth-order valence-corrected chi connectivity index (χ4v) is 3.41. The van der Waals surface area contributed by atoms with E-state index in [1.165, 1.54) is 12.1 Å². The SMILES string of the molecule is C[C@@H](NC(=O)C1(c2ccccc2)CC1)c1ccc(S(N)(=O)=O)cc1. The minimum absolute atomic E-state index is 0.0109. The Labute approximate surface area is 141 Å². The van der Waals surface area contributed by atoms with Crippen molar-refractivity contribution in [2.24, 2.45) is 5.14 Å². The molecule has 1 aliphatic rings. The van der Waals surface area contributed by atoms with Gasteiger partial charge in [-0.1, -0.05) is 42.5 Å². The average Bonchev–Trinajstić information content (AvgIpc) is 3.37. The summed E-state index contributed by atoms with van der Waals surface area (Å²) in [4.78, 5) is 12.8. The lowest BCUT2D eigenvalue weighted by Crippen LogP contribution is -2.36. The smallest absolute Gasteiger partial charge is 0.238 e. The van der Waals surface area contributed by atoms with Gasteiger partial charge in [0.05, 0.1) is 16.4 Å². The lowest BCUT2D eigenvalue weighted by atomic mass is 9.94. The van der Waals surface area contributed by atoms with Gasteiger partial charge in [0.2, 0.25) is 15.9 Å². The van der Waals surface area contributed by atoms with E-state index in [4.69, 9.17) is 5.14 Å². The Morgan fingerprint density at radius 1 is 1.08 bits per heavy atom. The highest BCUT2D eigenvalue weighted by Crippen LogP contribution is 2.48. The van der Waals surface area contributed by atoms with Gasteiger partial charge in [0.25, 0.3) is 0 Å². The summed E-state index contributed by atoms with van der Waals surface area (Å²) in [7, 11) is -3.70. The summed E-state index contributed by atoms with van der Waals surface area (Å²) < 4.78 is 22.6. The van der Waals surface area contributed by atoms with Crippen molar-refractivity contribution in [3.05, 3.63) is 65.7 Å². The molecule has 5 nitrogen and oxygen atoms in total. The first kappa shape index (κ1) is 16.7. The largest absolute Gasteiger partial charge is 0.349 e. The Morgan fingerprint density at radius 2 is 1.67 bits per heavy atom. The molecule has 0 aromatic heterocycles. The molecule has 24 heavy (non-hydrogen) atoms. The van der Waals surface area contributed by atoms with E-state index in [2.05, 4.69) is 5.32 Å². The maximum atomic E-state index is 12.7. The molecule has 0 aliphatic heterocycles. The summed E-state index contributed by atoms with van der Waals surface area (Å²) in [6.07, 6.45) is 1.69. The van der Waals surface area contributed by atoms with Crippen LogP contribution in [0.1, 0.15) is 36.9 Å². The zero-order valence-electron chi connectivity index (χ0n) is 13.4. The number of primary sulfonamides is 1. The normalized spacial score (nSPS) is 17.1. The Morgan fingerprint density at radius 3 is 2.17 bits per heavy atom. The number of hydrogen-bond acceptors (Lipinski definition) is 3. The van der Waals surface area contributed by atoms with E-state index in [9.17, 15) is 13.2 Å². The number of nitrogens with two attached hydrogens (primary N) is 1. The van der Waals surface area contributed by atoms with Crippen LogP contribution in [0.4, 0.5) is 0 Å². The maximum absolute atomic E-state index is 12.7. The molecule has 3 rings (SSSR count). The monoisotopic (exact) mass is 344 g/mol. The third-order valence-electron chi connectivity index (χ3n) is 4.57. The molecule has 1 aliphatic carbocycles. The molecule has 1 atom stereocenters. The second-order valence-corrected chi connectivity index (χ2v) is 7.82. The van der Waals surface area contributed by atoms with Crippen molar-refractivity contribution in [1.29, 1.82) is 0 Å². The van der Waals surface area contributed by atoms with Crippen LogP contribution < -0.4 is 10.5 Å². The first-order chi connectivity index (χ1) is 11.3. The molecule has 0 spiro atoms. The molecule has 1 amide bonds. The molecule has 1 fully saturated rings. The molecule has 126 valence electrons. The fraction of sp³-hybridized carbons (Fsp3) is 0.278. The highest BCUT2D eigenvalue weighted by molar-refractivity contribution is 7.89. The number of amides is 1. The molecule has 2 aromatic carbocycles. The van der Waals surface area contributed by atoms with Crippen molar-refractivity contribution in [3.8, 4) is 0 Å². The van der Waals surface area contributed by atoms with Gasteiger partial charge in [-0.15, -0.1) is 0 Å². The van der Waals surface area contributed by atoms with E-state index in [1.54, 1.807) is 12.1 Å². The van der Waals surface area contributed by atoms with E-state index >= 15 is 0 Å². The zero-order valence-corrected chi connectivity index (χ0v) is 14.2. The van der Waals surface area contributed by atoms with Crippen molar-refractivity contribution < 1.29 is 13.2 Å². The quantitative estimate of drug-likeness (QED) is 0.872. The van der Waals surface area contributed by atoms with E-state index in [-0.39, 0.29) is 16.8 Å². The molecule has 0 saturated heterocycles. The second-order valence-electron chi connectivity index (χ2n) is 6.26. The number of nitrogens with one attached hydrogen (secondary N) is 1. The van der Waals surface area contributed by atoms with Gasteiger partial charge in [-0.25, -0.2) is 13.6 Å². The Hall–Kier alpha value is -2.18.